The van der Waals surface area contributed by atoms with E-state index < -0.39 is 0 Å². The number of anilines is 3. The SMILES string of the molecule is c1ccc(-c2ccc(N(c3ccc(-c4ccccc4)cc3)c3ccc(-c4cc5c6ccccc6oc5c5c4sc4ccccc45)cc3)cc2)cc1. The number of para-hydroxylation sites is 1. The second-order valence-electron chi connectivity index (χ2n) is 12.9. The first kappa shape index (κ1) is 29.5. The van der Waals surface area contributed by atoms with Crippen molar-refractivity contribution in [1.29, 1.82) is 0 Å². The number of furan rings is 1. The molecule has 0 N–H and O–H groups in total. The molecule has 0 amide bonds. The lowest BCUT2D eigenvalue weighted by atomic mass is 9.98. The van der Waals surface area contributed by atoms with Crippen molar-refractivity contribution in [3.8, 4) is 33.4 Å². The fourth-order valence-corrected chi connectivity index (χ4v) is 8.62. The molecule has 51 heavy (non-hydrogen) atoms. The van der Waals surface area contributed by atoms with Crippen LogP contribution in [0.5, 0.6) is 0 Å². The Morgan fingerprint density at radius 1 is 0.392 bits per heavy atom. The number of fused-ring (bicyclic) bond motifs is 7. The third-order valence-electron chi connectivity index (χ3n) is 9.89. The average Bonchev–Trinajstić information content (AvgIpc) is 3.78. The maximum absolute atomic E-state index is 6.54. The zero-order chi connectivity index (χ0) is 33.7. The Morgan fingerprint density at radius 2 is 0.863 bits per heavy atom. The summed E-state index contributed by atoms with van der Waals surface area (Å²) < 4.78 is 9.06. The molecule has 0 bridgehead atoms. The van der Waals surface area contributed by atoms with Gasteiger partial charge in [0.2, 0.25) is 0 Å². The molecule has 2 aromatic heterocycles. The van der Waals surface area contributed by atoms with Crippen LogP contribution in [0.1, 0.15) is 0 Å². The Balaban J connectivity index is 1.11. The van der Waals surface area contributed by atoms with Gasteiger partial charge in [-0.25, -0.2) is 0 Å². The van der Waals surface area contributed by atoms with E-state index in [9.17, 15) is 0 Å². The van der Waals surface area contributed by atoms with Gasteiger partial charge >= 0.3 is 0 Å². The van der Waals surface area contributed by atoms with Gasteiger partial charge in [-0.2, -0.15) is 0 Å². The van der Waals surface area contributed by atoms with Gasteiger partial charge in [0, 0.05) is 53.6 Å². The van der Waals surface area contributed by atoms with Gasteiger partial charge in [-0.05, 0) is 82.4 Å². The number of hydrogen-bond donors (Lipinski definition) is 0. The summed E-state index contributed by atoms with van der Waals surface area (Å²) in [5, 5.41) is 4.73. The highest BCUT2D eigenvalue weighted by Gasteiger charge is 2.20. The molecule has 0 radical (unpaired) electrons. The Morgan fingerprint density at radius 3 is 1.45 bits per heavy atom. The molecule has 0 aliphatic rings. The molecule has 0 aliphatic heterocycles. The zero-order valence-corrected chi connectivity index (χ0v) is 28.5. The van der Waals surface area contributed by atoms with Crippen LogP contribution >= 0.6 is 11.3 Å². The van der Waals surface area contributed by atoms with E-state index in [1.54, 1.807) is 0 Å². The van der Waals surface area contributed by atoms with Crippen LogP contribution in [0.15, 0.2) is 192 Å². The highest BCUT2D eigenvalue weighted by atomic mass is 32.1. The number of nitrogens with zero attached hydrogens (tertiary/aromatic N) is 1. The summed E-state index contributed by atoms with van der Waals surface area (Å²) in [6.07, 6.45) is 0. The molecule has 0 saturated heterocycles. The normalized spacial score (nSPS) is 11.5. The first-order valence-corrected chi connectivity index (χ1v) is 18.1. The van der Waals surface area contributed by atoms with E-state index in [1.165, 1.54) is 53.6 Å². The van der Waals surface area contributed by atoms with Gasteiger partial charge < -0.3 is 9.32 Å². The lowest BCUT2D eigenvalue weighted by Gasteiger charge is -2.26. The largest absolute Gasteiger partial charge is 0.455 e. The predicted molar refractivity (Wildman–Crippen MR) is 218 cm³/mol. The minimum atomic E-state index is 0.920. The Hall–Kier alpha value is -6.42. The lowest BCUT2D eigenvalue weighted by molar-refractivity contribution is 0.673. The molecule has 10 rings (SSSR count). The molecular formula is C48H31NOS. The molecule has 0 spiro atoms. The molecule has 0 saturated carbocycles. The van der Waals surface area contributed by atoms with Crippen molar-refractivity contribution in [3.05, 3.63) is 188 Å². The summed E-state index contributed by atoms with van der Waals surface area (Å²) in [5.41, 5.74) is 12.4. The third kappa shape index (κ3) is 5.10. The molecule has 0 aliphatic carbocycles. The Bertz CT molecular complexity index is 2730. The first-order chi connectivity index (χ1) is 25.3. The van der Waals surface area contributed by atoms with Crippen molar-refractivity contribution in [2.75, 3.05) is 4.90 Å². The number of hydrogen-bond acceptors (Lipinski definition) is 3. The molecule has 240 valence electrons. The fraction of sp³-hybridized carbons (Fsp3) is 0. The molecule has 10 aromatic rings. The van der Waals surface area contributed by atoms with E-state index in [4.69, 9.17) is 4.42 Å². The summed E-state index contributed by atoms with van der Waals surface area (Å²) in [6, 6.07) is 67.3. The molecule has 3 heteroatoms. The summed E-state index contributed by atoms with van der Waals surface area (Å²) >= 11 is 1.84. The number of rotatable bonds is 6. The quantitative estimate of drug-likeness (QED) is 0.175. The summed E-state index contributed by atoms with van der Waals surface area (Å²) in [4.78, 5) is 2.34. The van der Waals surface area contributed by atoms with Crippen LogP contribution in [0.2, 0.25) is 0 Å². The minimum Gasteiger partial charge on any atom is -0.455 e. The highest BCUT2D eigenvalue weighted by molar-refractivity contribution is 7.26. The molecule has 0 atom stereocenters. The second kappa shape index (κ2) is 12.2. The first-order valence-electron chi connectivity index (χ1n) is 17.3. The van der Waals surface area contributed by atoms with Gasteiger partial charge in [-0.15, -0.1) is 11.3 Å². The summed E-state index contributed by atoms with van der Waals surface area (Å²) in [6.45, 7) is 0. The predicted octanol–water partition coefficient (Wildman–Crippen LogP) is 14.4. The van der Waals surface area contributed by atoms with Crippen LogP contribution in [0, 0.1) is 0 Å². The van der Waals surface area contributed by atoms with E-state index in [1.807, 2.05) is 17.4 Å². The Kier molecular flexibility index (Phi) is 7.04. The van der Waals surface area contributed by atoms with E-state index in [2.05, 4.69) is 187 Å². The van der Waals surface area contributed by atoms with Crippen LogP contribution in [-0.4, -0.2) is 0 Å². The minimum absolute atomic E-state index is 0.920. The van der Waals surface area contributed by atoms with Gasteiger partial charge in [0.15, 0.2) is 0 Å². The average molecular weight is 670 g/mol. The van der Waals surface area contributed by atoms with Crippen molar-refractivity contribution >= 4 is 70.5 Å². The molecule has 8 aromatic carbocycles. The fourth-order valence-electron chi connectivity index (χ4n) is 7.38. The van der Waals surface area contributed by atoms with Gasteiger partial charge in [-0.1, -0.05) is 133 Å². The van der Waals surface area contributed by atoms with Crippen LogP contribution in [0.25, 0.3) is 75.5 Å². The second-order valence-corrected chi connectivity index (χ2v) is 14.0. The molecular weight excluding hydrogens is 639 g/mol. The van der Waals surface area contributed by atoms with Gasteiger partial charge in [0.05, 0.1) is 0 Å². The zero-order valence-electron chi connectivity index (χ0n) is 27.7. The molecule has 2 nitrogen and oxygen atoms in total. The van der Waals surface area contributed by atoms with Gasteiger partial charge in [-0.3, -0.25) is 0 Å². The van der Waals surface area contributed by atoms with Crippen molar-refractivity contribution in [2.45, 2.75) is 0 Å². The van der Waals surface area contributed by atoms with Crippen LogP contribution in [0.4, 0.5) is 17.1 Å². The smallest absolute Gasteiger partial charge is 0.144 e. The van der Waals surface area contributed by atoms with Crippen LogP contribution in [0.3, 0.4) is 0 Å². The van der Waals surface area contributed by atoms with Crippen molar-refractivity contribution in [1.82, 2.24) is 0 Å². The van der Waals surface area contributed by atoms with E-state index in [0.29, 0.717) is 0 Å². The highest BCUT2D eigenvalue weighted by Crippen LogP contribution is 2.47. The van der Waals surface area contributed by atoms with E-state index in [0.717, 1.165) is 39.0 Å². The third-order valence-corrected chi connectivity index (χ3v) is 11.1. The van der Waals surface area contributed by atoms with Gasteiger partial charge in [0.1, 0.15) is 11.2 Å². The van der Waals surface area contributed by atoms with E-state index >= 15 is 0 Å². The lowest BCUT2D eigenvalue weighted by Crippen LogP contribution is -2.09. The van der Waals surface area contributed by atoms with Crippen molar-refractivity contribution in [2.24, 2.45) is 0 Å². The topological polar surface area (TPSA) is 16.4 Å². The maximum atomic E-state index is 6.54. The Labute approximate surface area is 300 Å². The number of thiophene rings is 1. The van der Waals surface area contributed by atoms with Gasteiger partial charge in [0.25, 0.3) is 0 Å². The maximum Gasteiger partial charge on any atom is 0.144 e. The van der Waals surface area contributed by atoms with Crippen LogP contribution < -0.4 is 4.90 Å². The molecule has 0 fully saturated rings. The number of benzene rings is 8. The van der Waals surface area contributed by atoms with Crippen molar-refractivity contribution in [3.63, 3.8) is 0 Å². The molecule has 0 unspecified atom stereocenters. The van der Waals surface area contributed by atoms with Crippen molar-refractivity contribution < 1.29 is 4.42 Å². The molecule has 2 heterocycles. The summed E-state index contributed by atoms with van der Waals surface area (Å²) in [5.74, 6) is 0. The summed E-state index contributed by atoms with van der Waals surface area (Å²) in [7, 11) is 0. The standard InChI is InChI=1S/C48H31NOS/c1-3-11-32(12-4-1)34-19-25-37(26-20-34)49(38-27-21-35(22-28-38)33-13-5-2-6-14-33)39-29-23-36(24-30-39)42-31-43-40-15-7-9-17-44(40)50-47(43)46-41-16-8-10-18-45(41)51-48(42)46/h1-31H. The van der Waals surface area contributed by atoms with Crippen LogP contribution in [-0.2, 0) is 0 Å². The van der Waals surface area contributed by atoms with E-state index in [-0.39, 0.29) is 0 Å². The monoisotopic (exact) mass is 669 g/mol.